The number of hydrogen-bond acceptors (Lipinski definition) is 1. The maximum Gasteiger partial charge on any atom is 0.254 e. The lowest BCUT2D eigenvalue weighted by molar-refractivity contribution is 0.0792. The number of halogens is 4. The molecular formula is C11H9ClF3NO. The lowest BCUT2D eigenvalue weighted by Crippen LogP contribution is -2.29. The van der Waals surface area contributed by atoms with Gasteiger partial charge in [-0.05, 0) is 18.6 Å². The van der Waals surface area contributed by atoms with Crippen molar-refractivity contribution < 1.29 is 18.0 Å². The molecule has 0 saturated carbocycles. The molecule has 1 aliphatic rings. The van der Waals surface area contributed by atoms with Gasteiger partial charge in [0.25, 0.3) is 5.91 Å². The van der Waals surface area contributed by atoms with Gasteiger partial charge in [0.2, 0.25) is 0 Å². The van der Waals surface area contributed by atoms with Crippen LogP contribution in [0, 0.1) is 17.5 Å². The lowest BCUT2D eigenvalue weighted by Gasteiger charge is -2.15. The van der Waals surface area contributed by atoms with Gasteiger partial charge in [-0.2, -0.15) is 0 Å². The second-order valence-corrected chi connectivity index (χ2v) is 4.51. The minimum Gasteiger partial charge on any atom is -0.337 e. The van der Waals surface area contributed by atoms with E-state index in [0.29, 0.717) is 31.6 Å². The summed E-state index contributed by atoms with van der Waals surface area (Å²) in [7, 11) is 0. The fourth-order valence-corrected chi connectivity index (χ4v) is 2.03. The van der Waals surface area contributed by atoms with Crippen molar-refractivity contribution >= 4 is 17.5 Å². The molecule has 1 aliphatic heterocycles. The minimum absolute atomic E-state index is 0.144. The van der Waals surface area contributed by atoms with Crippen LogP contribution in [0.15, 0.2) is 12.1 Å². The van der Waals surface area contributed by atoms with E-state index >= 15 is 0 Å². The zero-order valence-electron chi connectivity index (χ0n) is 8.72. The molecule has 0 spiro atoms. The molecule has 1 aromatic rings. The van der Waals surface area contributed by atoms with E-state index in [4.69, 9.17) is 11.6 Å². The highest BCUT2D eigenvalue weighted by molar-refractivity contribution is 6.21. The molecule has 92 valence electrons. The van der Waals surface area contributed by atoms with Gasteiger partial charge in [0, 0.05) is 18.7 Å². The van der Waals surface area contributed by atoms with Crippen molar-refractivity contribution in [3.63, 3.8) is 0 Å². The van der Waals surface area contributed by atoms with Crippen LogP contribution in [-0.2, 0) is 0 Å². The highest BCUT2D eigenvalue weighted by Crippen LogP contribution is 2.20. The van der Waals surface area contributed by atoms with E-state index < -0.39 is 23.4 Å². The molecule has 1 unspecified atom stereocenters. The molecule has 2 nitrogen and oxygen atoms in total. The van der Waals surface area contributed by atoms with Gasteiger partial charge >= 0.3 is 0 Å². The van der Waals surface area contributed by atoms with Gasteiger partial charge in [0.15, 0.2) is 17.5 Å². The molecule has 1 amide bonds. The maximum atomic E-state index is 13.0. The van der Waals surface area contributed by atoms with Crippen LogP contribution in [0.25, 0.3) is 0 Å². The van der Waals surface area contributed by atoms with E-state index in [9.17, 15) is 18.0 Å². The van der Waals surface area contributed by atoms with E-state index in [1.54, 1.807) is 0 Å². The molecule has 1 fully saturated rings. The number of nitrogens with zero attached hydrogens (tertiary/aromatic N) is 1. The Morgan fingerprint density at radius 1 is 1.29 bits per heavy atom. The predicted octanol–water partition coefficient (Wildman–Crippen LogP) is 2.56. The van der Waals surface area contributed by atoms with Crippen LogP contribution in [0.1, 0.15) is 16.8 Å². The Morgan fingerprint density at radius 2 is 1.88 bits per heavy atom. The molecule has 17 heavy (non-hydrogen) atoms. The fourth-order valence-electron chi connectivity index (χ4n) is 1.76. The van der Waals surface area contributed by atoms with Gasteiger partial charge in [-0.25, -0.2) is 13.2 Å². The smallest absolute Gasteiger partial charge is 0.254 e. The number of amides is 1. The molecule has 2 rings (SSSR count). The van der Waals surface area contributed by atoms with Gasteiger partial charge in [0.1, 0.15) is 0 Å². The van der Waals surface area contributed by atoms with Gasteiger partial charge in [0.05, 0.1) is 5.38 Å². The summed E-state index contributed by atoms with van der Waals surface area (Å²) in [6.45, 7) is 0.772. The van der Waals surface area contributed by atoms with Crippen LogP contribution in [0.3, 0.4) is 0 Å². The summed E-state index contributed by atoms with van der Waals surface area (Å²) in [6, 6.07) is 1.39. The highest BCUT2D eigenvalue weighted by Gasteiger charge is 2.26. The van der Waals surface area contributed by atoms with Crippen molar-refractivity contribution in [3.8, 4) is 0 Å². The summed E-state index contributed by atoms with van der Waals surface area (Å²) in [4.78, 5) is 13.2. The Hall–Kier alpha value is -1.23. The van der Waals surface area contributed by atoms with Crippen LogP contribution < -0.4 is 0 Å². The normalized spacial score (nSPS) is 19.8. The Labute approximate surface area is 101 Å². The topological polar surface area (TPSA) is 20.3 Å². The third-order valence-electron chi connectivity index (χ3n) is 2.65. The van der Waals surface area contributed by atoms with Crippen molar-refractivity contribution in [1.82, 2.24) is 4.90 Å². The molecule has 0 bridgehead atoms. The first-order valence-corrected chi connectivity index (χ1v) is 5.50. The second kappa shape index (κ2) is 4.56. The van der Waals surface area contributed by atoms with Crippen molar-refractivity contribution in [2.75, 3.05) is 13.1 Å². The first-order valence-electron chi connectivity index (χ1n) is 5.07. The first kappa shape index (κ1) is 12.2. The molecule has 0 radical (unpaired) electrons. The zero-order valence-corrected chi connectivity index (χ0v) is 9.48. The summed E-state index contributed by atoms with van der Waals surface area (Å²) in [6.07, 6.45) is 0.638. The van der Waals surface area contributed by atoms with Crippen molar-refractivity contribution in [2.24, 2.45) is 0 Å². The maximum absolute atomic E-state index is 13.0. The number of hydrogen-bond donors (Lipinski definition) is 0. The summed E-state index contributed by atoms with van der Waals surface area (Å²) >= 11 is 5.82. The van der Waals surface area contributed by atoms with Gasteiger partial charge in [-0.15, -0.1) is 11.6 Å². The molecule has 6 heteroatoms. The number of likely N-dealkylation sites (tertiary alicyclic amines) is 1. The quantitative estimate of drug-likeness (QED) is 0.563. The van der Waals surface area contributed by atoms with E-state index in [1.165, 1.54) is 4.90 Å². The van der Waals surface area contributed by atoms with E-state index in [2.05, 4.69) is 0 Å². The van der Waals surface area contributed by atoms with Gasteiger partial charge < -0.3 is 4.90 Å². The Morgan fingerprint density at radius 3 is 2.35 bits per heavy atom. The second-order valence-electron chi connectivity index (χ2n) is 3.89. The standard InChI is InChI=1S/C11H9ClF3NO/c12-7-1-2-16(5-7)11(17)6-3-8(13)10(15)9(14)4-6/h3-4,7H,1-2,5H2. The van der Waals surface area contributed by atoms with E-state index in [1.807, 2.05) is 0 Å². The summed E-state index contributed by atoms with van der Waals surface area (Å²) in [5.41, 5.74) is -0.202. The van der Waals surface area contributed by atoms with E-state index in [-0.39, 0.29) is 10.9 Å². The number of alkyl halides is 1. The number of carbonyl (C=O) groups excluding carboxylic acids is 1. The molecule has 0 N–H and O–H groups in total. The van der Waals surface area contributed by atoms with Crippen LogP contribution in [0.2, 0.25) is 0 Å². The Balaban J connectivity index is 2.25. The highest BCUT2D eigenvalue weighted by atomic mass is 35.5. The number of carbonyl (C=O) groups is 1. The lowest BCUT2D eigenvalue weighted by atomic mass is 10.2. The monoisotopic (exact) mass is 263 g/mol. The third-order valence-corrected chi connectivity index (χ3v) is 3.00. The van der Waals surface area contributed by atoms with Crippen LogP contribution in [0.5, 0.6) is 0 Å². The molecule has 1 atom stereocenters. The van der Waals surface area contributed by atoms with Gasteiger partial charge in [-0.1, -0.05) is 0 Å². The number of rotatable bonds is 1. The van der Waals surface area contributed by atoms with Crippen molar-refractivity contribution in [2.45, 2.75) is 11.8 Å². The predicted molar refractivity (Wildman–Crippen MR) is 56.5 cm³/mol. The van der Waals surface area contributed by atoms with Crippen LogP contribution in [0.4, 0.5) is 13.2 Å². The van der Waals surface area contributed by atoms with Crippen LogP contribution in [-0.4, -0.2) is 29.3 Å². The summed E-state index contributed by atoms with van der Waals surface area (Å²) < 4.78 is 38.6. The molecule has 0 aromatic heterocycles. The van der Waals surface area contributed by atoms with E-state index in [0.717, 1.165) is 0 Å². The molecule has 0 aliphatic carbocycles. The molecule has 1 heterocycles. The Bertz CT molecular complexity index is 443. The molecular weight excluding hydrogens is 255 g/mol. The first-order chi connectivity index (χ1) is 7.99. The minimum atomic E-state index is -1.57. The van der Waals surface area contributed by atoms with Crippen molar-refractivity contribution in [1.29, 1.82) is 0 Å². The Kier molecular flexibility index (Phi) is 3.28. The van der Waals surface area contributed by atoms with Crippen LogP contribution >= 0.6 is 11.6 Å². The summed E-state index contributed by atoms with van der Waals surface area (Å²) in [5.74, 6) is -4.84. The largest absolute Gasteiger partial charge is 0.337 e. The fraction of sp³-hybridized carbons (Fsp3) is 0.364. The van der Waals surface area contributed by atoms with Crippen molar-refractivity contribution in [3.05, 3.63) is 35.1 Å². The number of benzene rings is 1. The summed E-state index contributed by atoms with van der Waals surface area (Å²) in [5, 5.41) is -0.144. The third kappa shape index (κ3) is 2.39. The van der Waals surface area contributed by atoms with Gasteiger partial charge in [-0.3, -0.25) is 4.79 Å². The molecule has 1 saturated heterocycles. The average Bonchev–Trinajstić information content (AvgIpc) is 2.71. The average molecular weight is 264 g/mol. The SMILES string of the molecule is O=C(c1cc(F)c(F)c(F)c1)N1CCC(Cl)C1. The zero-order chi connectivity index (χ0) is 12.6. The molecule has 1 aromatic carbocycles.